The lowest BCUT2D eigenvalue weighted by atomic mass is 10.1. The zero-order valence-corrected chi connectivity index (χ0v) is 12.5. The quantitative estimate of drug-likeness (QED) is 0.627. The van der Waals surface area contributed by atoms with Crippen molar-refractivity contribution in [1.29, 1.82) is 0 Å². The van der Waals surface area contributed by atoms with E-state index in [1.54, 1.807) is 24.3 Å². The predicted molar refractivity (Wildman–Crippen MR) is 75.9 cm³/mol. The number of hydrogen-bond acceptors (Lipinski definition) is 3. The molecule has 0 radical (unpaired) electrons. The number of carbonyl (C=O) groups excluding carboxylic acids is 2. The standard InChI is InChI=1S/C15H17BrO3/c1-10-2-3-12(8-10)15(18)19-9-14(17)11-4-6-13(16)7-5-11/h4-7,10,12H,2-3,8-9H2,1H3/t10-,12+/m1/s1. The lowest BCUT2D eigenvalue weighted by Gasteiger charge is -2.09. The Labute approximate surface area is 121 Å². The summed E-state index contributed by atoms with van der Waals surface area (Å²) in [5.74, 6) is 0.175. The van der Waals surface area contributed by atoms with E-state index in [1.807, 2.05) is 0 Å². The van der Waals surface area contributed by atoms with Crippen LogP contribution in [0.2, 0.25) is 0 Å². The van der Waals surface area contributed by atoms with Crippen LogP contribution in [-0.4, -0.2) is 18.4 Å². The molecule has 19 heavy (non-hydrogen) atoms. The number of benzene rings is 1. The molecule has 1 aromatic carbocycles. The van der Waals surface area contributed by atoms with Gasteiger partial charge in [-0.2, -0.15) is 0 Å². The monoisotopic (exact) mass is 324 g/mol. The van der Waals surface area contributed by atoms with E-state index in [9.17, 15) is 9.59 Å². The number of Topliss-reactive ketones (excluding diaryl/α,β-unsaturated/α-hetero) is 1. The number of rotatable bonds is 4. The Bertz CT molecular complexity index is 467. The summed E-state index contributed by atoms with van der Waals surface area (Å²) in [5, 5.41) is 0. The van der Waals surface area contributed by atoms with E-state index in [-0.39, 0.29) is 24.3 Å². The summed E-state index contributed by atoms with van der Waals surface area (Å²) in [6, 6.07) is 7.04. The van der Waals surface area contributed by atoms with E-state index in [2.05, 4.69) is 22.9 Å². The van der Waals surface area contributed by atoms with Crippen molar-refractivity contribution in [2.24, 2.45) is 11.8 Å². The van der Waals surface area contributed by atoms with E-state index in [0.29, 0.717) is 11.5 Å². The van der Waals surface area contributed by atoms with Crippen LogP contribution in [0.5, 0.6) is 0 Å². The van der Waals surface area contributed by atoms with Crippen molar-refractivity contribution in [1.82, 2.24) is 0 Å². The Morgan fingerprint density at radius 3 is 2.53 bits per heavy atom. The molecule has 2 atom stereocenters. The predicted octanol–water partition coefficient (Wildman–Crippen LogP) is 3.61. The van der Waals surface area contributed by atoms with Crippen LogP contribution >= 0.6 is 15.9 Å². The first-order valence-electron chi connectivity index (χ1n) is 6.51. The minimum Gasteiger partial charge on any atom is -0.457 e. The summed E-state index contributed by atoms with van der Waals surface area (Å²) in [7, 11) is 0. The molecule has 0 aromatic heterocycles. The first-order chi connectivity index (χ1) is 9.06. The van der Waals surface area contributed by atoms with Crippen LogP contribution in [0.4, 0.5) is 0 Å². The maximum Gasteiger partial charge on any atom is 0.309 e. The van der Waals surface area contributed by atoms with Gasteiger partial charge in [-0.1, -0.05) is 35.0 Å². The SMILES string of the molecule is C[C@@H]1CC[C@H](C(=O)OCC(=O)c2ccc(Br)cc2)C1. The van der Waals surface area contributed by atoms with E-state index < -0.39 is 0 Å². The normalized spacial score (nSPS) is 22.2. The maximum absolute atomic E-state index is 11.8. The summed E-state index contributed by atoms with van der Waals surface area (Å²) >= 11 is 3.31. The topological polar surface area (TPSA) is 43.4 Å². The third kappa shape index (κ3) is 3.90. The molecule has 1 aromatic rings. The molecule has 3 nitrogen and oxygen atoms in total. The summed E-state index contributed by atoms with van der Waals surface area (Å²) in [5.41, 5.74) is 0.566. The minimum atomic E-state index is -0.227. The van der Waals surface area contributed by atoms with Crippen LogP contribution in [0, 0.1) is 11.8 Å². The smallest absolute Gasteiger partial charge is 0.309 e. The van der Waals surface area contributed by atoms with Gasteiger partial charge in [0.05, 0.1) is 5.92 Å². The molecule has 0 N–H and O–H groups in total. The lowest BCUT2D eigenvalue weighted by Crippen LogP contribution is -2.19. The first kappa shape index (κ1) is 14.3. The van der Waals surface area contributed by atoms with Gasteiger partial charge in [0.15, 0.2) is 12.4 Å². The van der Waals surface area contributed by atoms with Crippen LogP contribution in [0.25, 0.3) is 0 Å². The van der Waals surface area contributed by atoms with Crippen LogP contribution in [-0.2, 0) is 9.53 Å². The van der Waals surface area contributed by atoms with Gasteiger partial charge >= 0.3 is 5.97 Å². The molecular formula is C15H17BrO3. The fraction of sp³-hybridized carbons (Fsp3) is 0.467. The van der Waals surface area contributed by atoms with Crippen LogP contribution in [0.1, 0.15) is 36.5 Å². The van der Waals surface area contributed by atoms with Gasteiger partial charge in [-0.25, -0.2) is 0 Å². The molecule has 0 saturated heterocycles. The first-order valence-corrected chi connectivity index (χ1v) is 7.31. The van der Waals surface area contributed by atoms with Gasteiger partial charge in [0.2, 0.25) is 0 Å². The number of carbonyl (C=O) groups is 2. The van der Waals surface area contributed by atoms with Gasteiger partial charge in [0, 0.05) is 10.0 Å². The highest BCUT2D eigenvalue weighted by Crippen LogP contribution is 2.31. The molecule has 0 unspecified atom stereocenters. The van der Waals surface area contributed by atoms with Crippen molar-refractivity contribution in [3.63, 3.8) is 0 Å². The lowest BCUT2D eigenvalue weighted by molar-refractivity contribution is -0.147. The highest BCUT2D eigenvalue weighted by molar-refractivity contribution is 9.10. The van der Waals surface area contributed by atoms with Gasteiger partial charge in [-0.15, -0.1) is 0 Å². The van der Waals surface area contributed by atoms with Gasteiger partial charge in [0.1, 0.15) is 0 Å². The second-order valence-electron chi connectivity index (χ2n) is 5.15. The average molecular weight is 325 g/mol. The van der Waals surface area contributed by atoms with E-state index in [0.717, 1.165) is 23.7 Å². The van der Waals surface area contributed by atoms with Gasteiger partial charge in [-0.3, -0.25) is 9.59 Å². The second-order valence-corrected chi connectivity index (χ2v) is 6.07. The Kier molecular flexibility index (Phi) is 4.75. The third-order valence-electron chi connectivity index (χ3n) is 3.54. The molecule has 0 heterocycles. The maximum atomic E-state index is 11.8. The molecule has 1 aliphatic rings. The van der Waals surface area contributed by atoms with E-state index in [1.165, 1.54) is 0 Å². The number of hydrogen-bond donors (Lipinski definition) is 0. The molecule has 1 saturated carbocycles. The molecule has 0 amide bonds. The number of esters is 1. The second kappa shape index (κ2) is 6.33. The minimum absolute atomic E-state index is 0.0206. The van der Waals surface area contributed by atoms with Crippen molar-refractivity contribution in [3.05, 3.63) is 34.3 Å². The summed E-state index contributed by atoms with van der Waals surface area (Å²) in [6.07, 6.45) is 2.83. The summed E-state index contributed by atoms with van der Waals surface area (Å²) in [6.45, 7) is 1.98. The Morgan fingerprint density at radius 2 is 1.95 bits per heavy atom. The van der Waals surface area contributed by atoms with Crippen LogP contribution in [0.15, 0.2) is 28.7 Å². The third-order valence-corrected chi connectivity index (χ3v) is 4.07. The van der Waals surface area contributed by atoms with Crippen molar-refractivity contribution in [2.75, 3.05) is 6.61 Å². The van der Waals surface area contributed by atoms with Crippen LogP contribution < -0.4 is 0 Å². The van der Waals surface area contributed by atoms with Gasteiger partial charge < -0.3 is 4.74 Å². The Hall–Kier alpha value is -1.16. The zero-order chi connectivity index (χ0) is 13.8. The molecule has 0 spiro atoms. The summed E-state index contributed by atoms with van der Waals surface area (Å²) < 4.78 is 6.04. The molecule has 4 heteroatoms. The fourth-order valence-electron chi connectivity index (χ4n) is 2.39. The van der Waals surface area contributed by atoms with E-state index in [4.69, 9.17) is 4.74 Å². The molecule has 1 fully saturated rings. The largest absolute Gasteiger partial charge is 0.457 e. The van der Waals surface area contributed by atoms with Crippen molar-refractivity contribution in [3.8, 4) is 0 Å². The molecule has 1 aliphatic carbocycles. The number of ketones is 1. The highest BCUT2D eigenvalue weighted by Gasteiger charge is 2.28. The van der Waals surface area contributed by atoms with Crippen molar-refractivity contribution >= 4 is 27.7 Å². The molecular weight excluding hydrogens is 308 g/mol. The summed E-state index contributed by atoms with van der Waals surface area (Å²) in [4.78, 5) is 23.6. The molecule has 0 aliphatic heterocycles. The molecule has 0 bridgehead atoms. The van der Waals surface area contributed by atoms with Gasteiger partial charge in [0.25, 0.3) is 0 Å². The Balaban J connectivity index is 1.83. The van der Waals surface area contributed by atoms with E-state index >= 15 is 0 Å². The highest BCUT2D eigenvalue weighted by atomic mass is 79.9. The Morgan fingerprint density at radius 1 is 1.26 bits per heavy atom. The molecule has 102 valence electrons. The zero-order valence-electron chi connectivity index (χ0n) is 10.9. The van der Waals surface area contributed by atoms with Crippen molar-refractivity contribution < 1.29 is 14.3 Å². The fourth-order valence-corrected chi connectivity index (χ4v) is 2.66. The van der Waals surface area contributed by atoms with Crippen LogP contribution in [0.3, 0.4) is 0 Å². The number of ether oxygens (including phenoxy) is 1. The molecule has 2 rings (SSSR count). The van der Waals surface area contributed by atoms with Gasteiger partial charge in [-0.05, 0) is 37.3 Å². The average Bonchev–Trinajstić information content (AvgIpc) is 2.83. The number of halogens is 1. The van der Waals surface area contributed by atoms with Crippen molar-refractivity contribution in [2.45, 2.75) is 26.2 Å².